The molecule has 0 saturated carbocycles. The Bertz CT molecular complexity index is 610. The summed E-state index contributed by atoms with van der Waals surface area (Å²) in [5.41, 5.74) is -0.363. The monoisotopic (exact) mass is 297 g/mol. The molecule has 0 aliphatic carbocycles. The number of nitrogens with zero attached hydrogens (tertiary/aromatic N) is 3. The number of hydrogen-bond donors (Lipinski definition) is 1. The van der Waals surface area contributed by atoms with E-state index in [9.17, 15) is 9.59 Å². The molecule has 1 N–H and O–H groups in total. The van der Waals surface area contributed by atoms with E-state index in [-0.39, 0.29) is 11.3 Å². The molecule has 0 fully saturated rings. The summed E-state index contributed by atoms with van der Waals surface area (Å²) in [5.74, 6) is -1.05. The molecule has 2 aromatic heterocycles. The minimum Gasteiger partial charge on any atom is -0.481 e. The van der Waals surface area contributed by atoms with Crippen LogP contribution >= 0.6 is 23.1 Å². The van der Waals surface area contributed by atoms with Crippen LogP contribution in [0, 0.1) is 0 Å². The standard InChI is InChI=1S/C11H11N3O3S2/c15-8-1-4-14(5-2-9-12-3-6-18-9)11(13-8)19-7-10(16)17/h1,3-4,6H,2,5,7H2,(H,16,17). The van der Waals surface area contributed by atoms with Gasteiger partial charge < -0.3 is 9.67 Å². The van der Waals surface area contributed by atoms with Crippen molar-refractivity contribution in [2.75, 3.05) is 5.75 Å². The third-order valence-electron chi connectivity index (χ3n) is 2.22. The summed E-state index contributed by atoms with van der Waals surface area (Å²) in [6.45, 7) is 0.614. The van der Waals surface area contributed by atoms with E-state index in [2.05, 4.69) is 9.97 Å². The highest BCUT2D eigenvalue weighted by atomic mass is 32.2. The van der Waals surface area contributed by atoms with Gasteiger partial charge in [-0.05, 0) is 0 Å². The predicted octanol–water partition coefficient (Wildman–Crippen LogP) is 1.12. The van der Waals surface area contributed by atoms with Crippen molar-refractivity contribution in [3.05, 3.63) is 39.2 Å². The third-order valence-corrected chi connectivity index (χ3v) is 4.04. The fraction of sp³-hybridized carbons (Fsp3) is 0.273. The summed E-state index contributed by atoms with van der Waals surface area (Å²) in [6, 6.07) is 1.37. The molecule has 8 heteroatoms. The van der Waals surface area contributed by atoms with Crippen molar-refractivity contribution in [2.45, 2.75) is 18.1 Å². The first-order valence-corrected chi connectivity index (χ1v) is 7.32. The molecule has 19 heavy (non-hydrogen) atoms. The molecule has 0 aliphatic rings. The Morgan fingerprint density at radius 3 is 3.05 bits per heavy atom. The van der Waals surface area contributed by atoms with Crippen LogP contribution in [0.5, 0.6) is 0 Å². The molecule has 0 aliphatic heterocycles. The molecule has 6 nitrogen and oxygen atoms in total. The highest BCUT2D eigenvalue weighted by Gasteiger charge is 2.07. The van der Waals surface area contributed by atoms with Gasteiger partial charge in [-0.15, -0.1) is 11.3 Å². The first kappa shape index (κ1) is 13.8. The van der Waals surface area contributed by atoms with E-state index in [1.807, 2.05) is 5.38 Å². The van der Waals surface area contributed by atoms with Crippen molar-refractivity contribution in [3.63, 3.8) is 0 Å². The van der Waals surface area contributed by atoms with Crippen LogP contribution in [-0.2, 0) is 17.8 Å². The van der Waals surface area contributed by atoms with E-state index in [0.717, 1.165) is 23.2 Å². The molecule has 0 atom stereocenters. The van der Waals surface area contributed by atoms with Crippen LogP contribution in [0.3, 0.4) is 0 Å². The number of thiazole rings is 1. The summed E-state index contributed by atoms with van der Waals surface area (Å²) < 4.78 is 1.77. The molecule has 2 rings (SSSR count). The number of carboxylic acids is 1. The summed E-state index contributed by atoms with van der Waals surface area (Å²) in [7, 11) is 0. The van der Waals surface area contributed by atoms with Crippen LogP contribution in [0.2, 0.25) is 0 Å². The lowest BCUT2D eigenvalue weighted by Gasteiger charge is -2.09. The molecule has 0 spiro atoms. The van der Waals surface area contributed by atoms with Crippen LogP contribution < -0.4 is 5.56 Å². The minimum atomic E-state index is -0.936. The average molecular weight is 297 g/mol. The second-order valence-corrected chi connectivity index (χ2v) is 5.52. The number of aromatic nitrogens is 3. The smallest absolute Gasteiger partial charge is 0.313 e. The first-order chi connectivity index (χ1) is 9.15. The lowest BCUT2D eigenvalue weighted by molar-refractivity contribution is -0.133. The SMILES string of the molecule is O=C(O)CSc1nc(=O)ccn1CCc1nccs1. The predicted molar refractivity (Wildman–Crippen MR) is 72.7 cm³/mol. The largest absolute Gasteiger partial charge is 0.481 e. The van der Waals surface area contributed by atoms with E-state index in [1.54, 1.807) is 28.3 Å². The van der Waals surface area contributed by atoms with Gasteiger partial charge in [-0.25, -0.2) is 4.98 Å². The zero-order valence-corrected chi connectivity index (χ0v) is 11.5. The van der Waals surface area contributed by atoms with Gasteiger partial charge in [0.2, 0.25) is 0 Å². The van der Waals surface area contributed by atoms with Crippen LogP contribution in [-0.4, -0.2) is 31.4 Å². The van der Waals surface area contributed by atoms with E-state index < -0.39 is 5.97 Å². The maximum absolute atomic E-state index is 11.2. The van der Waals surface area contributed by atoms with Crippen molar-refractivity contribution in [1.82, 2.24) is 14.5 Å². The van der Waals surface area contributed by atoms with Crippen LogP contribution in [0.4, 0.5) is 0 Å². The minimum absolute atomic E-state index is 0.117. The summed E-state index contributed by atoms with van der Waals surface area (Å²) in [5, 5.41) is 12.0. The maximum Gasteiger partial charge on any atom is 0.313 e. The summed E-state index contributed by atoms with van der Waals surface area (Å²) >= 11 is 2.60. The number of carbonyl (C=O) groups is 1. The van der Waals surface area contributed by atoms with Crippen LogP contribution in [0.25, 0.3) is 0 Å². The molecule has 0 saturated heterocycles. The number of carboxylic acid groups (broad SMARTS) is 1. The Morgan fingerprint density at radius 2 is 2.37 bits per heavy atom. The topological polar surface area (TPSA) is 85.1 Å². The molecule has 2 aromatic rings. The van der Waals surface area contributed by atoms with Crippen molar-refractivity contribution < 1.29 is 9.90 Å². The fourth-order valence-electron chi connectivity index (χ4n) is 1.42. The molecule has 0 bridgehead atoms. The van der Waals surface area contributed by atoms with E-state index in [4.69, 9.17) is 5.11 Å². The Hall–Kier alpha value is -1.67. The number of aliphatic carboxylic acids is 1. The van der Waals surface area contributed by atoms with E-state index in [1.165, 1.54) is 6.07 Å². The Kier molecular flexibility index (Phi) is 4.69. The Balaban J connectivity index is 2.09. The van der Waals surface area contributed by atoms with Crippen molar-refractivity contribution in [3.8, 4) is 0 Å². The van der Waals surface area contributed by atoms with Gasteiger partial charge in [-0.3, -0.25) is 9.59 Å². The lowest BCUT2D eigenvalue weighted by atomic mass is 10.4. The maximum atomic E-state index is 11.2. The molecule has 0 radical (unpaired) electrons. The summed E-state index contributed by atoms with van der Waals surface area (Å²) in [4.78, 5) is 29.8. The summed E-state index contributed by atoms with van der Waals surface area (Å²) in [6.07, 6.45) is 4.10. The van der Waals surface area contributed by atoms with E-state index in [0.29, 0.717) is 11.7 Å². The second kappa shape index (κ2) is 6.48. The van der Waals surface area contributed by atoms with Gasteiger partial charge in [0.1, 0.15) is 0 Å². The average Bonchev–Trinajstić information content (AvgIpc) is 2.88. The van der Waals surface area contributed by atoms with E-state index >= 15 is 0 Å². The zero-order valence-electron chi connectivity index (χ0n) is 9.85. The molecule has 2 heterocycles. The molecule has 100 valence electrons. The van der Waals surface area contributed by atoms with Crippen LogP contribution in [0.15, 0.2) is 33.8 Å². The van der Waals surface area contributed by atoms with Crippen LogP contribution in [0.1, 0.15) is 5.01 Å². The Labute approximate surface area is 117 Å². The van der Waals surface area contributed by atoms with Gasteiger partial charge >= 0.3 is 5.97 Å². The van der Waals surface area contributed by atoms with Gasteiger partial charge in [0.25, 0.3) is 5.56 Å². The quantitative estimate of drug-likeness (QED) is 0.635. The van der Waals surface area contributed by atoms with Crippen molar-refractivity contribution in [1.29, 1.82) is 0 Å². The first-order valence-electron chi connectivity index (χ1n) is 5.45. The molecule has 0 unspecified atom stereocenters. The molecule has 0 amide bonds. The molecule has 0 aromatic carbocycles. The fourth-order valence-corrected chi connectivity index (χ4v) is 2.75. The number of aryl methyl sites for hydroxylation is 2. The number of hydrogen-bond acceptors (Lipinski definition) is 6. The lowest BCUT2D eigenvalue weighted by Crippen LogP contribution is -2.15. The molecular formula is C11H11N3O3S2. The normalized spacial score (nSPS) is 10.5. The number of thioether (sulfide) groups is 1. The van der Waals surface area contributed by atoms with Crippen molar-refractivity contribution >= 4 is 29.1 Å². The Morgan fingerprint density at radius 1 is 1.53 bits per heavy atom. The van der Waals surface area contributed by atoms with Gasteiger partial charge in [0.05, 0.1) is 10.8 Å². The van der Waals surface area contributed by atoms with Gasteiger partial charge in [-0.2, -0.15) is 4.98 Å². The highest BCUT2D eigenvalue weighted by Crippen LogP contribution is 2.14. The third kappa shape index (κ3) is 4.18. The number of rotatable bonds is 6. The highest BCUT2D eigenvalue weighted by molar-refractivity contribution is 7.99. The van der Waals surface area contributed by atoms with Crippen molar-refractivity contribution in [2.24, 2.45) is 0 Å². The second-order valence-electron chi connectivity index (χ2n) is 3.60. The van der Waals surface area contributed by atoms with Gasteiger partial charge in [0, 0.05) is 36.8 Å². The zero-order chi connectivity index (χ0) is 13.7. The molecular weight excluding hydrogens is 286 g/mol. The van der Waals surface area contributed by atoms with Gasteiger partial charge in [0.15, 0.2) is 5.16 Å². The van der Waals surface area contributed by atoms with Gasteiger partial charge in [-0.1, -0.05) is 11.8 Å².